The van der Waals surface area contributed by atoms with Crippen molar-refractivity contribution in [1.82, 2.24) is 9.73 Å². The van der Waals surface area contributed by atoms with E-state index in [1.807, 2.05) is 72.8 Å². The number of para-hydroxylation sites is 1. The van der Waals surface area contributed by atoms with Gasteiger partial charge in [0.05, 0.1) is 17.7 Å². The molecule has 4 aromatic carbocycles. The Morgan fingerprint density at radius 3 is 2.12 bits per heavy atom. The maximum atomic E-state index is 13.6. The minimum Gasteiger partial charge on any atom is -0.488 e. The number of nitrogens with one attached hydrogen (secondary N) is 2. The van der Waals surface area contributed by atoms with Crippen LogP contribution in [-0.2, 0) is 32.6 Å². The molecule has 0 atom stereocenters. The first-order valence-electron chi connectivity index (χ1n) is 13.3. The second kappa shape index (κ2) is 14.7. The van der Waals surface area contributed by atoms with Crippen LogP contribution in [0, 0.1) is 0 Å². The SMILES string of the molecule is CC(=O)Nc1ccc(S(=O)(=O)N(CCc2ccccc2)CC(=O)NN=Cc2ccccc2OCc2ccccc2)cc1. The van der Waals surface area contributed by atoms with Crippen molar-refractivity contribution in [2.45, 2.75) is 24.8 Å². The van der Waals surface area contributed by atoms with Crippen LogP contribution in [0.2, 0.25) is 0 Å². The van der Waals surface area contributed by atoms with E-state index in [-0.39, 0.29) is 17.3 Å². The van der Waals surface area contributed by atoms with E-state index in [0.29, 0.717) is 30.0 Å². The Bertz CT molecular complexity index is 1610. The number of sulfonamides is 1. The third-order valence-corrected chi connectivity index (χ3v) is 8.03. The van der Waals surface area contributed by atoms with Crippen LogP contribution in [0.3, 0.4) is 0 Å². The summed E-state index contributed by atoms with van der Waals surface area (Å²) in [6.07, 6.45) is 1.87. The van der Waals surface area contributed by atoms with Crippen LogP contribution in [-0.4, -0.2) is 43.8 Å². The van der Waals surface area contributed by atoms with Gasteiger partial charge in [0.1, 0.15) is 12.4 Å². The molecular weight excluding hydrogens is 552 g/mol. The van der Waals surface area contributed by atoms with Crippen molar-refractivity contribution in [3.63, 3.8) is 0 Å². The van der Waals surface area contributed by atoms with Crippen LogP contribution < -0.4 is 15.5 Å². The van der Waals surface area contributed by atoms with Gasteiger partial charge in [-0.2, -0.15) is 9.41 Å². The molecule has 0 aliphatic carbocycles. The molecule has 0 heterocycles. The predicted octanol–water partition coefficient (Wildman–Crippen LogP) is 4.61. The number of carbonyl (C=O) groups excluding carboxylic acids is 2. The van der Waals surface area contributed by atoms with Gasteiger partial charge >= 0.3 is 0 Å². The van der Waals surface area contributed by atoms with E-state index in [0.717, 1.165) is 15.4 Å². The van der Waals surface area contributed by atoms with Gasteiger partial charge in [-0.3, -0.25) is 9.59 Å². The first-order valence-corrected chi connectivity index (χ1v) is 14.7. The fraction of sp³-hybridized carbons (Fsp3) is 0.156. The van der Waals surface area contributed by atoms with E-state index >= 15 is 0 Å². The van der Waals surface area contributed by atoms with Crippen LogP contribution in [0.15, 0.2) is 119 Å². The van der Waals surface area contributed by atoms with Crippen molar-refractivity contribution in [3.05, 3.63) is 126 Å². The van der Waals surface area contributed by atoms with Crippen molar-refractivity contribution in [1.29, 1.82) is 0 Å². The molecule has 4 aromatic rings. The Balaban J connectivity index is 1.44. The number of ether oxygens (including phenoxy) is 1. The number of hydrogen-bond donors (Lipinski definition) is 2. The van der Waals surface area contributed by atoms with Gasteiger partial charge < -0.3 is 10.1 Å². The molecule has 2 N–H and O–H groups in total. The molecule has 0 saturated heterocycles. The Morgan fingerprint density at radius 2 is 1.45 bits per heavy atom. The third-order valence-electron chi connectivity index (χ3n) is 6.17. The fourth-order valence-corrected chi connectivity index (χ4v) is 5.47. The smallest absolute Gasteiger partial charge is 0.255 e. The molecule has 9 nitrogen and oxygen atoms in total. The number of hydrogen-bond acceptors (Lipinski definition) is 6. The minimum absolute atomic E-state index is 0.00505. The van der Waals surface area contributed by atoms with Gasteiger partial charge in [-0.1, -0.05) is 72.8 Å². The second-order valence-electron chi connectivity index (χ2n) is 9.39. The summed E-state index contributed by atoms with van der Waals surface area (Å²) in [5.41, 5.74) is 5.51. The van der Waals surface area contributed by atoms with Gasteiger partial charge in [-0.05, 0) is 53.9 Å². The van der Waals surface area contributed by atoms with Gasteiger partial charge in [0, 0.05) is 24.7 Å². The first kappa shape index (κ1) is 30.2. The molecule has 0 spiro atoms. The summed E-state index contributed by atoms with van der Waals surface area (Å²) in [5.74, 6) is -0.271. The van der Waals surface area contributed by atoms with Crippen LogP contribution in [0.4, 0.5) is 5.69 Å². The van der Waals surface area contributed by atoms with Crippen LogP contribution >= 0.6 is 0 Å². The van der Waals surface area contributed by atoms with E-state index in [2.05, 4.69) is 15.8 Å². The third kappa shape index (κ3) is 8.85. The zero-order valence-corrected chi connectivity index (χ0v) is 24.0. The molecular formula is C32H32N4O5S. The Kier molecular flexibility index (Phi) is 10.6. The molecule has 216 valence electrons. The summed E-state index contributed by atoms with van der Waals surface area (Å²) in [4.78, 5) is 24.2. The molecule has 42 heavy (non-hydrogen) atoms. The van der Waals surface area contributed by atoms with Crippen LogP contribution in [0.5, 0.6) is 5.75 Å². The van der Waals surface area contributed by atoms with Gasteiger partial charge in [-0.25, -0.2) is 13.8 Å². The Hall–Kier alpha value is -4.80. The molecule has 4 rings (SSSR count). The number of nitrogens with zero attached hydrogens (tertiary/aromatic N) is 2. The Labute approximate surface area is 245 Å². The van der Waals surface area contributed by atoms with E-state index < -0.39 is 22.5 Å². The lowest BCUT2D eigenvalue weighted by atomic mass is 10.1. The minimum atomic E-state index is -4.04. The van der Waals surface area contributed by atoms with E-state index in [1.165, 1.54) is 37.4 Å². The molecule has 0 fully saturated rings. The molecule has 2 amide bonds. The number of benzene rings is 4. The van der Waals surface area contributed by atoms with E-state index in [9.17, 15) is 18.0 Å². The summed E-state index contributed by atoms with van der Waals surface area (Å²) < 4.78 is 34.2. The van der Waals surface area contributed by atoms with Gasteiger partial charge in [0.2, 0.25) is 15.9 Å². The zero-order valence-electron chi connectivity index (χ0n) is 23.1. The summed E-state index contributed by atoms with van der Waals surface area (Å²) in [6, 6.07) is 32.2. The molecule has 0 aromatic heterocycles. The number of amides is 2. The van der Waals surface area contributed by atoms with Crippen LogP contribution in [0.25, 0.3) is 0 Å². The highest BCUT2D eigenvalue weighted by Gasteiger charge is 2.26. The molecule has 0 radical (unpaired) electrons. The Morgan fingerprint density at radius 1 is 0.833 bits per heavy atom. The molecule has 0 unspecified atom stereocenters. The zero-order chi connectivity index (χ0) is 29.8. The maximum Gasteiger partial charge on any atom is 0.255 e. The fourth-order valence-electron chi connectivity index (χ4n) is 4.07. The molecule has 10 heteroatoms. The standard InChI is InChI=1S/C32H32N4O5S/c1-25(37)34-29-16-18-30(19-17-29)42(39,40)36(21-20-26-10-4-2-5-11-26)23-32(38)35-33-22-28-14-8-9-15-31(28)41-24-27-12-6-3-7-13-27/h2-19,22H,20-21,23-24H2,1H3,(H,34,37)(H,35,38). The summed E-state index contributed by atoms with van der Waals surface area (Å²) in [5, 5.41) is 6.67. The molecule has 0 saturated carbocycles. The van der Waals surface area contributed by atoms with Gasteiger partial charge in [0.15, 0.2) is 0 Å². The van der Waals surface area contributed by atoms with Crippen molar-refractivity contribution < 1.29 is 22.7 Å². The highest BCUT2D eigenvalue weighted by molar-refractivity contribution is 7.89. The highest BCUT2D eigenvalue weighted by Crippen LogP contribution is 2.20. The summed E-state index contributed by atoms with van der Waals surface area (Å²) in [7, 11) is -4.04. The normalized spacial score (nSPS) is 11.4. The number of rotatable bonds is 13. The average molecular weight is 585 g/mol. The number of anilines is 1. The van der Waals surface area contributed by atoms with E-state index in [1.54, 1.807) is 12.1 Å². The summed E-state index contributed by atoms with van der Waals surface area (Å²) >= 11 is 0. The molecule has 0 aliphatic heterocycles. The number of carbonyl (C=O) groups is 2. The largest absolute Gasteiger partial charge is 0.488 e. The van der Waals surface area contributed by atoms with Crippen molar-refractivity contribution in [3.8, 4) is 5.75 Å². The van der Waals surface area contributed by atoms with Gasteiger partial charge in [0.25, 0.3) is 5.91 Å². The predicted molar refractivity (Wildman–Crippen MR) is 163 cm³/mol. The van der Waals surface area contributed by atoms with Crippen molar-refractivity contribution >= 4 is 33.7 Å². The average Bonchev–Trinajstić information content (AvgIpc) is 2.99. The topological polar surface area (TPSA) is 117 Å². The van der Waals surface area contributed by atoms with Crippen LogP contribution in [0.1, 0.15) is 23.6 Å². The van der Waals surface area contributed by atoms with Gasteiger partial charge in [-0.15, -0.1) is 0 Å². The lowest BCUT2D eigenvalue weighted by Crippen LogP contribution is -2.40. The highest BCUT2D eigenvalue weighted by atomic mass is 32.2. The maximum absolute atomic E-state index is 13.6. The molecule has 0 bridgehead atoms. The second-order valence-corrected chi connectivity index (χ2v) is 11.3. The summed E-state index contributed by atoms with van der Waals surface area (Å²) in [6.45, 7) is 1.38. The lowest BCUT2D eigenvalue weighted by molar-refractivity contribution is -0.121. The quantitative estimate of drug-likeness (QED) is 0.176. The van der Waals surface area contributed by atoms with Crippen molar-refractivity contribution in [2.75, 3.05) is 18.4 Å². The molecule has 0 aliphatic rings. The number of hydrazone groups is 1. The van der Waals surface area contributed by atoms with Crippen molar-refractivity contribution in [2.24, 2.45) is 5.10 Å². The lowest BCUT2D eigenvalue weighted by Gasteiger charge is -2.21. The van der Waals surface area contributed by atoms with E-state index in [4.69, 9.17) is 4.74 Å². The first-order chi connectivity index (χ1) is 20.3. The monoisotopic (exact) mass is 584 g/mol.